The summed E-state index contributed by atoms with van der Waals surface area (Å²) in [6.45, 7) is 1.32. The van der Waals surface area contributed by atoms with Crippen molar-refractivity contribution in [2.24, 2.45) is 10.8 Å². The molecule has 0 bridgehead atoms. The van der Waals surface area contributed by atoms with E-state index in [1.807, 2.05) is 0 Å². The summed E-state index contributed by atoms with van der Waals surface area (Å²) in [4.78, 5) is 12.7. The minimum absolute atomic E-state index is 0.0147. The Morgan fingerprint density at radius 2 is 2.14 bits per heavy atom. The molecule has 1 aliphatic heterocycles. The third-order valence-electron chi connectivity index (χ3n) is 5.04. The minimum Gasteiger partial charge on any atom is -0.396 e. The third kappa shape index (κ3) is 2.45. The largest absolute Gasteiger partial charge is 0.396 e. The summed E-state index contributed by atoms with van der Waals surface area (Å²) in [6, 6.07) is 5.90. The van der Waals surface area contributed by atoms with Gasteiger partial charge in [-0.05, 0) is 49.3 Å². The highest BCUT2D eigenvalue weighted by atomic mass is 19.1. The molecule has 1 spiro atoms. The Kier molecular flexibility index (Phi) is 3.71. The first-order chi connectivity index (χ1) is 10.1. The molecular formula is C16H20FNO3. The number of nitrogens with one attached hydrogen (secondary N) is 1. The van der Waals surface area contributed by atoms with E-state index in [4.69, 9.17) is 4.74 Å². The predicted octanol–water partition coefficient (Wildman–Crippen LogP) is 2.33. The Morgan fingerprint density at radius 1 is 1.38 bits per heavy atom. The fourth-order valence-corrected chi connectivity index (χ4v) is 3.75. The van der Waals surface area contributed by atoms with Gasteiger partial charge in [-0.2, -0.15) is 0 Å². The molecule has 0 radical (unpaired) electrons. The van der Waals surface area contributed by atoms with Gasteiger partial charge in [0.05, 0.1) is 5.41 Å². The average molecular weight is 293 g/mol. The molecule has 0 aromatic heterocycles. The Bertz CT molecular complexity index is 542. The van der Waals surface area contributed by atoms with E-state index in [1.54, 1.807) is 12.1 Å². The first-order valence-corrected chi connectivity index (χ1v) is 7.38. The molecule has 2 fully saturated rings. The van der Waals surface area contributed by atoms with Gasteiger partial charge in [-0.15, -0.1) is 0 Å². The lowest BCUT2D eigenvalue weighted by Gasteiger charge is -2.28. The molecule has 1 saturated carbocycles. The van der Waals surface area contributed by atoms with E-state index < -0.39 is 5.41 Å². The van der Waals surface area contributed by atoms with Crippen LogP contribution >= 0.6 is 0 Å². The number of rotatable bonds is 4. The van der Waals surface area contributed by atoms with Crippen molar-refractivity contribution in [3.8, 4) is 0 Å². The van der Waals surface area contributed by atoms with Crippen LogP contribution in [0.4, 0.5) is 10.1 Å². The SMILES string of the molecule is O=C(Nc1cccc(F)c1)C1(CCO)CC12CCOCC2. The summed E-state index contributed by atoms with van der Waals surface area (Å²) in [7, 11) is 0. The maximum atomic E-state index is 13.2. The van der Waals surface area contributed by atoms with Gasteiger partial charge >= 0.3 is 0 Å². The van der Waals surface area contributed by atoms with Gasteiger partial charge in [0.15, 0.2) is 0 Å². The maximum absolute atomic E-state index is 13.2. The lowest BCUT2D eigenvalue weighted by molar-refractivity contribution is -0.124. The molecule has 2 aliphatic rings. The smallest absolute Gasteiger partial charge is 0.231 e. The summed E-state index contributed by atoms with van der Waals surface area (Å²) in [5.74, 6) is -0.482. The number of aliphatic hydroxyl groups is 1. The Balaban J connectivity index is 1.77. The van der Waals surface area contributed by atoms with E-state index in [0.717, 1.165) is 19.3 Å². The zero-order valence-electron chi connectivity index (χ0n) is 11.9. The van der Waals surface area contributed by atoms with E-state index in [0.29, 0.717) is 25.3 Å². The number of anilines is 1. The van der Waals surface area contributed by atoms with E-state index >= 15 is 0 Å². The topological polar surface area (TPSA) is 58.6 Å². The van der Waals surface area contributed by atoms with Gasteiger partial charge in [0, 0.05) is 25.5 Å². The summed E-state index contributed by atoms with van der Waals surface area (Å²) < 4.78 is 18.6. The molecule has 1 saturated heterocycles. The van der Waals surface area contributed by atoms with Crippen LogP contribution in [0, 0.1) is 16.6 Å². The molecule has 21 heavy (non-hydrogen) atoms. The molecule has 5 heteroatoms. The quantitative estimate of drug-likeness (QED) is 0.896. The van der Waals surface area contributed by atoms with Crippen molar-refractivity contribution in [3.63, 3.8) is 0 Å². The molecule has 1 aromatic carbocycles. The number of hydrogen-bond acceptors (Lipinski definition) is 3. The fraction of sp³-hybridized carbons (Fsp3) is 0.562. The normalized spacial score (nSPS) is 26.6. The van der Waals surface area contributed by atoms with Crippen LogP contribution in [0.25, 0.3) is 0 Å². The highest BCUT2D eigenvalue weighted by molar-refractivity contribution is 5.98. The summed E-state index contributed by atoms with van der Waals surface area (Å²) >= 11 is 0. The Morgan fingerprint density at radius 3 is 2.81 bits per heavy atom. The van der Waals surface area contributed by atoms with Crippen LogP contribution in [0.1, 0.15) is 25.7 Å². The number of halogens is 1. The van der Waals surface area contributed by atoms with Crippen molar-refractivity contribution in [1.29, 1.82) is 0 Å². The lowest BCUT2D eigenvalue weighted by atomic mass is 9.83. The summed E-state index contributed by atoms with van der Waals surface area (Å²) in [5.41, 5.74) is -0.116. The molecule has 1 unspecified atom stereocenters. The molecule has 1 aliphatic carbocycles. The van der Waals surface area contributed by atoms with E-state index in [2.05, 4.69) is 5.32 Å². The fourth-order valence-electron chi connectivity index (χ4n) is 3.75. The zero-order valence-corrected chi connectivity index (χ0v) is 11.9. The molecule has 114 valence electrons. The molecule has 1 aromatic rings. The molecular weight excluding hydrogens is 273 g/mol. The van der Waals surface area contributed by atoms with Crippen molar-refractivity contribution < 1.29 is 19.0 Å². The van der Waals surface area contributed by atoms with Crippen LogP contribution in [-0.4, -0.2) is 30.8 Å². The van der Waals surface area contributed by atoms with Crippen molar-refractivity contribution in [3.05, 3.63) is 30.1 Å². The first kappa shape index (κ1) is 14.5. The minimum atomic E-state index is -0.530. The average Bonchev–Trinajstić information content (AvgIpc) is 3.07. The van der Waals surface area contributed by atoms with Crippen molar-refractivity contribution in [2.75, 3.05) is 25.1 Å². The van der Waals surface area contributed by atoms with E-state index in [-0.39, 0.29) is 23.7 Å². The van der Waals surface area contributed by atoms with Crippen LogP contribution in [0.3, 0.4) is 0 Å². The van der Waals surface area contributed by atoms with Gasteiger partial charge in [0.1, 0.15) is 5.82 Å². The second-order valence-electron chi connectivity index (χ2n) is 6.09. The van der Waals surface area contributed by atoms with Gasteiger partial charge in [-0.25, -0.2) is 4.39 Å². The monoisotopic (exact) mass is 293 g/mol. The summed E-state index contributed by atoms with van der Waals surface area (Å²) in [6.07, 6.45) is 2.94. The van der Waals surface area contributed by atoms with Gasteiger partial charge in [0.2, 0.25) is 5.91 Å². The number of hydrogen-bond donors (Lipinski definition) is 2. The number of carbonyl (C=O) groups excluding carboxylic acids is 1. The highest BCUT2D eigenvalue weighted by Crippen LogP contribution is 2.70. The van der Waals surface area contributed by atoms with Crippen LogP contribution in [0.5, 0.6) is 0 Å². The van der Waals surface area contributed by atoms with Crippen LogP contribution in [0.2, 0.25) is 0 Å². The zero-order chi connectivity index (χ0) is 14.9. The van der Waals surface area contributed by atoms with Crippen LogP contribution in [-0.2, 0) is 9.53 Å². The van der Waals surface area contributed by atoms with Crippen molar-refractivity contribution in [1.82, 2.24) is 0 Å². The van der Waals surface area contributed by atoms with Crippen molar-refractivity contribution >= 4 is 11.6 Å². The molecule has 4 nitrogen and oxygen atoms in total. The van der Waals surface area contributed by atoms with E-state index in [9.17, 15) is 14.3 Å². The predicted molar refractivity (Wildman–Crippen MR) is 76.3 cm³/mol. The summed E-state index contributed by atoms with van der Waals surface area (Å²) in [5, 5.41) is 12.2. The van der Waals surface area contributed by atoms with Crippen LogP contribution in [0.15, 0.2) is 24.3 Å². The molecule has 1 heterocycles. The van der Waals surface area contributed by atoms with Crippen LogP contribution < -0.4 is 5.32 Å². The van der Waals surface area contributed by atoms with Gasteiger partial charge in [-0.1, -0.05) is 6.07 Å². The second kappa shape index (κ2) is 5.39. The second-order valence-corrected chi connectivity index (χ2v) is 6.09. The molecule has 3 rings (SSSR count). The Hall–Kier alpha value is -1.46. The van der Waals surface area contributed by atoms with E-state index in [1.165, 1.54) is 12.1 Å². The number of benzene rings is 1. The molecule has 1 atom stereocenters. The van der Waals surface area contributed by atoms with Crippen molar-refractivity contribution in [2.45, 2.75) is 25.7 Å². The standard InChI is InChI=1S/C16H20FNO3/c17-12-2-1-3-13(10-12)18-14(20)16(4-7-19)11-15(16)5-8-21-9-6-15/h1-3,10,19H,4-9,11H2,(H,18,20). The third-order valence-corrected chi connectivity index (χ3v) is 5.04. The Labute approximate surface area is 123 Å². The molecule has 1 amide bonds. The number of ether oxygens (including phenoxy) is 1. The molecule has 2 N–H and O–H groups in total. The van der Waals surface area contributed by atoms with Gasteiger partial charge in [-0.3, -0.25) is 4.79 Å². The maximum Gasteiger partial charge on any atom is 0.231 e. The van der Waals surface area contributed by atoms with Gasteiger partial charge in [0.25, 0.3) is 0 Å². The number of carbonyl (C=O) groups is 1. The number of amides is 1. The lowest BCUT2D eigenvalue weighted by Crippen LogP contribution is -2.33. The first-order valence-electron chi connectivity index (χ1n) is 7.38. The highest BCUT2D eigenvalue weighted by Gasteiger charge is 2.70. The van der Waals surface area contributed by atoms with Gasteiger partial charge < -0.3 is 15.2 Å². The number of aliphatic hydroxyl groups excluding tert-OH is 1.